The Morgan fingerprint density at radius 1 is 1.11 bits per heavy atom. The Hall–Kier alpha value is -0.820. The lowest BCUT2D eigenvalue weighted by atomic mass is 9.95. The van der Waals surface area contributed by atoms with E-state index in [1.54, 1.807) is 0 Å². The van der Waals surface area contributed by atoms with Gasteiger partial charge in [-0.1, -0.05) is 31.9 Å². The molecule has 3 unspecified atom stereocenters. The van der Waals surface area contributed by atoms with Crippen LogP contribution in [0.4, 0.5) is 0 Å². The van der Waals surface area contributed by atoms with Gasteiger partial charge >= 0.3 is 0 Å². The smallest absolute Gasteiger partial charge is 0.0294 e. The summed E-state index contributed by atoms with van der Waals surface area (Å²) in [6.07, 6.45) is 4.25. The molecule has 1 aliphatic rings. The van der Waals surface area contributed by atoms with E-state index in [0.717, 1.165) is 11.8 Å². The topological polar surface area (TPSA) is 12.0 Å². The third-order valence-corrected chi connectivity index (χ3v) is 5.07. The normalized spacial score (nSPS) is 24.7. The van der Waals surface area contributed by atoms with Crippen LogP contribution in [0.25, 0.3) is 0 Å². The van der Waals surface area contributed by atoms with Gasteiger partial charge in [0.15, 0.2) is 0 Å². The zero-order valence-corrected chi connectivity index (χ0v) is 13.2. The fraction of sp³-hybridized carbons (Fsp3) is 0.667. The predicted octanol–water partition coefficient (Wildman–Crippen LogP) is 4.70. The Morgan fingerprint density at radius 2 is 1.79 bits per heavy atom. The molecule has 0 heterocycles. The first-order chi connectivity index (χ1) is 8.99. The molecule has 1 heteroatoms. The number of aryl methyl sites for hydroxylation is 3. The molecule has 0 saturated heterocycles. The van der Waals surface area contributed by atoms with E-state index in [-0.39, 0.29) is 0 Å². The number of benzene rings is 1. The van der Waals surface area contributed by atoms with Crippen molar-refractivity contribution in [1.29, 1.82) is 0 Å². The minimum Gasteiger partial charge on any atom is -0.310 e. The SMILES string of the molecule is Cc1cc(C)c(C(C)NCC2CCCC2C)cc1C. The van der Waals surface area contributed by atoms with Gasteiger partial charge in [0.25, 0.3) is 0 Å². The van der Waals surface area contributed by atoms with E-state index >= 15 is 0 Å². The zero-order chi connectivity index (χ0) is 14.0. The Balaban J connectivity index is 1.99. The highest BCUT2D eigenvalue weighted by Gasteiger charge is 2.23. The molecule has 0 amide bonds. The minimum atomic E-state index is 0.465. The second-order valence-electron chi connectivity index (χ2n) is 6.59. The molecule has 19 heavy (non-hydrogen) atoms. The molecule has 0 radical (unpaired) electrons. The second kappa shape index (κ2) is 6.09. The molecule has 1 fully saturated rings. The van der Waals surface area contributed by atoms with Crippen LogP contribution in [0.2, 0.25) is 0 Å². The van der Waals surface area contributed by atoms with Crippen LogP contribution in [0.3, 0.4) is 0 Å². The first-order valence-electron chi connectivity index (χ1n) is 7.80. The summed E-state index contributed by atoms with van der Waals surface area (Å²) >= 11 is 0. The highest BCUT2D eigenvalue weighted by atomic mass is 14.9. The van der Waals surface area contributed by atoms with Crippen molar-refractivity contribution in [3.05, 3.63) is 34.4 Å². The molecule has 0 spiro atoms. The van der Waals surface area contributed by atoms with Crippen molar-refractivity contribution >= 4 is 0 Å². The lowest BCUT2D eigenvalue weighted by Crippen LogP contribution is -2.27. The van der Waals surface area contributed by atoms with E-state index in [1.807, 2.05) is 0 Å². The van der Waals surface area contributed by atoms with Gasteiger partial charge in [-0.3, -0.25) is 0 Å². The van der Waals surface area contributed by atoms with Crippen LogP contribution in [0.15, 0.2) is 12.1 Å². The second-order valence-corrected chi connectivity index (χ2v) is 6.59. The van der Waals surface area contributed by atoms with Gasteiger partial charge in [0, 0.05) is 6.04 Å². The van der Waals surface area contributed by atoms with Gasteiger partial charge < -0.3 is 5.32 Å². The summed E-state index contributed by atoms with van der Waals surface area (Å²) in [4.78, 5) is 0. The van der Waals surface area contributed by atoms with Gasteiger partial charge in [-0.2, -0.15) is 0 Å². The Morgan fingerprint density at radius 3 is 2.42 bits per heavy atom. The number of hydrogen-bond acceptors (Lipinski definition) is 1. The molecule has 0 aromatic heterocycles. The van der Waals surface area contributed by atoms with Crippen molar-refractivity contribution in [2.45, 2.75) is 59.9 Å². The maximum atomic E-state index is 3.76. The quantitative estimate of drug-likeness (QED) is 0.826. The van der Waals surface area contributed by atoms with E-state index in [4.69, 9.17) is 0 Å². The molecule has 1 nitrogen and oxygen atoms in total. The molecule has 3 atom stereocenters. The molecular formula is C18H29N. The summed E-state index contributed by atoms with van der Waals surface area (Å²) in [5.41, 5.74) is 5.69. The van der Waals surface area contributed by atoms with Gasteiger partial charge in [0.05, 0.1) is 0 Å². The number of hydrogen-bond donors (Lipinski definition) is 1. The summed E-state index contributed by atoms with van der Waals surface area (Å²) in [5, 5.41) is 3.76. The van der Waals surface area contributed by atoms with Gasteiger partial charge in [0.1, 0.15) is 0 Å². The minimum absolute atomic E-state index is 0.465. The van der Waals surface area contributed by atoms with Crippen molar-refractivity contribution in [3.8, 4) is 0 Å². The molecule has 0 bridgehead atoms. The standard InChI is InChI=1S/C18H29N/c1-12-7-6-8-17(12)11-19-16(5)18-10-14(3)13(2)9-15(18)4/h9-10,12,16-17,19H,6-8,11H2,1-5H3. The molecule has 1 aromatic rings. The molecular weight excluding hydrogens is 230 g/mol. The lowest BCUT2D eigenvalue weighted by molar-refractivity contribution is 0.374. The fourth-order valence-electron chi connectivity index (χ4n) is 3.41. The summed E-state index contributed by atoms with van der Waals surface area (Å²) < 4.78 is 0. The molecule has 1 saturated carbocycles. The highest BCUT2D eigenvalue weighted by molar-refractivity contribution is 5.38. The third-order valence-electron chi connectivity index (χ3n) is 5.07. The number of rotatable bonds is 4. The van der Waals surface area contributed by atoms with Crippen LogP contribution in [-0.2, 0) is 0 Å². The van der Waals surface area contributed by atoms with Crippen molar-refractivity contribution in [1.82, 2.24) is 5.32 Å². The summed E-state index contributed by atoms with van der Waals surface area (Å²) in [6, 6.07) is 5.15. The van der Waals surface area contributed by atoms with Gasteiger partial charge in [-0.05, 0) is 74.8 Å². The first kappa shape index (κ1) is 14.6. The van der Waals surface area contributed by atoms with Crippen molar-refractivity contribution in [2.75, 3.05) is 6.54 Å². The van der Waals surface area contributed by atoms with E-state index < -0.39 is 0 Å². The largest absolute Gasteiger partial charge is 0.310 e. The monoisotopic (exact) mass is 259 g/mol. The third kappa shape index (κ3) is 3.39. The summed E-state index contributed by atoms with van der Waals surface area (Å²) in [5.74, 6) is 1.79. The summed E-state index contributed by atoms with van der Waals surface area (Å²) in [6.45, 7) is 12.5. The van der Waals surface area contributed by atoms with Crippen LogP contribution in [0.5, 0.6) is 0 Å². The summed E-state index contributed by atoms with van der Waals surface area (Å²) in [7, 11) is 0. The van der Waals surface area contributed by atoms with Crippen LogP contribution in [0, 0.1) is 32.6 Å². The van der Waals surface area contributed by atoms with E-state index in [1.165, 1.54) is 48.1 Å². The Bertz CT molecular complexity index is 436. The Kier molecular flexibility index (Phi) is 4.67. The van der Waals surface area contributed by atoms with Crippen molar-refractivity contribution in [3.63, 3.8) is 0 Å². The van der Waals surface area contributed by atoms with Gasteiger partial charge in [-0.15, -0.1) is 0 Å². The van der Waals surface area contributed by atoms with E-state index in [9.17, 15) is 0 Å². The van der Waals surface area contributed by atoms with Crippen LogP contribution in [0.1, 0.15) is 61.4 Å². The highest BCUT2D eigenvalue weighted by Crippen LogP contribution is 2.31. The average Bonchev–Trinajstić information content (AvgIpc) is 2.76. The molecule has 2 rings (SSSR count). The lowest BCUT2D eigenvalue weighted by Gasteiger charge is -2.22. The van der Waals surface area contributed by atoms with Gasteiger partial charge in [-0.25, -0.2) is 0 Å². The van der Waals surface area contributed by atoms with Crippen molar-refractivity contribution < 1.29 is 0 Å². The molecule has 1 aromatic carbocycles. The van der Waals surface area contributed by atoms with Crippen LogP contribution >= 0.6 is 0 Å². The maximum absolute atomic E-state index is 3.76. The maximum Gasteiger partial charge on any atom is 0.0294 e. The molecule has 106 valence electrons. The van der Waals surface area contributed by atoms with Crippen LogP contribution in [-0.4, -0.2) is 6.54 Å². The zero-order valence-electron chi connectivity index (χ0n) is 13.2. The first-order valence-corrected chi connectivity index (χ1v) is 7.80. The fourth-order valence-corrected chi connectivity index (χ4v) is 3.41. The van der Waals surface area contributed by atoms with Crippen LogP contribution < -0.4 is 5.32 Å². The number of nitrogens with one attached hydrogen (secondary N) is 1. The average molecular weight is 259 g/mol. The Labute approximate surface area is 118 Å². The molecule has 1 N–H and O–H groups in total. The van der Waals surface area contributed by atoms with E-state index in [0.29, 0.717) is 6.04 Å². The molecule has 0 aliphatic heterocycles. The van der Waals surface area contributed by atoms with Gasteiger partial charge in [0.2, 0.25) is 0 Å². The predicted molar refractivity (Wildman–Crippen MR) is 83.6 cm³/mol. The van der Waals surface area contributed by atoms with Crippen molar-refractivity contribution in [2.24, 2.45) is 11.8 Å². The molecule has 1 aliphatic carbocycles. The van der Waals surface area contributed by atoms with E-state index in [2.05, 4.69) is 52.1 Å².